The average molecular weight is 249 g/mol. The van der Waals surface area contributed by atoms with E-state index in [0.717, 1.165) is 13.1 Å². The van der Waals surface area contributed by atoms with Crippen molar-refractivity contribution < 1.29 is 9.90 Å². The minimum absolute atomic E-state index is 0.280. The summed E-state index contributed by atoms with van der Waals surface area (Å²) >= 11 is 0. The number of carboxylic acids is 1. The van der Waals surface area contributed by atoms with Gasteiger partial charge in [0.05, 0.1) is 5.92 Å². The molecular weight excluding hydrogens is 226 g/mol. The fraction of sp³-hybridized carbons (Fsp3) is 0.533. The molecule has 0 aliphatic heterocycles. The van der Waals surface area contributed by atoms with Gasteiger partial charge in [-0.2, -0.15) is 0 Å². The average Bonchev–Trinajstić information content (AvgIpc) is 2.26. The molecule has 0 bridgehead atoms. The first-order valence-electron chi connectivity index (χ1n) is 6.42. The summed E-state index contributed by atoms with van der Waals surface area (Å²) in [4.78, 5) is 10.7. The maximum absolute atomic E-state index is 10.7. The van der Waals surface area contributed by atoms with Gasteiger partial charge in [-0.25, -0.2) is 0 Å². The van der Waals surface area contributed by atoms with Crippen LogP contribution in [0.1, 0.15) is 35.6 Å². The number of carboxylic acid groups (broad SMARTS) is 1. The zero-order chi connectivity index (χ0) is 13.7. The molecule has 0 amide bonds. The highest BCUT2D eigenvalue weighted by Crippen LogP contribution is 2.16. The first kappa shape index (κ1) is 14.7. The minimum atomic E-state index is -0.723. The van der Waals surface area contributed by atoms with Crippen LogP contribution in [-0.2, 0) is 11.3 Å². The van der Waals surface area contributed by atoms with Crippen molar-refractivity contribution in [2.45, 2.75) is 40.7 Å². The molecule has 0 aliphatic rings. The number of benzene rings is 1. The summed E-state index contributed by atoms with van der Waals surface area (Å²) < 4.78 is 0. The Labute approximate surface area is 109 Å². The Morgan fingerprint density at radius 1 is 1.28 bits per heavy atom. The van der Waals surface area contributed by atoms with Crippen LogP contribution in [0.5, 0.6) is 0 Å². The topological polar surface area (TPSA) is 49.3 Å². The van der Waals surface area contributed by atoms with Crippen molar-refractivity contribution >= 4 is 5.97 Å². The molecule has 0 aliphatic carbocycles. The summed E-state index contributed by atoms with van der Waals surface area (Å²) in [7, 11) is 0. The van der Waals surface area contributed by atoms with Gasteiger partial charge in [0.1, 0.15) is 0 Å². The van der Waals surface area contributed by atoms with E-state index in [1.807, 2.05) is 0 Å². The number of rotatable bonds is 6. The number of nitrogens with one attached hydrogen (secondary N) is 1. The Hall–Kier alpha value is -1.35. The van der Waals surface area contributed by atoms with E-state index in [1.54, 1.807) is 6.92 Å². The van der Waals surface area contributed by atoms with Gasteiger partial charge in [-0.15, -0.1) is 0 Å². The van der Waals surface area contributed by atoms with E-state index in [9.17, 15) is 4.79 Å². The molecule has 1 atom stereocenters. The first-order valence-corrected chi connectivity index (χ1v) is 6.42. The van der Waals surface area contributed by atoms with Crippen LogP contribution in [0.3, 0.4) is 0 Å². The summed E-state index contributed by atoms with van der Waals surface area (Å²) in [6, 6.07) is 4.37. The monoisotopic (exact) mass is 249 g/mol. The smallest absolute Gasteiger partial charge is 0.306 e. The molecule has 0 aromatic heterocycles. The summed E-state index contributed by atoms with van der Waals surface area (Å²) in [6.45, 7) is 9.64. The maximum atomic E-state index is 10.7. The highest BCUT2D eigenvalue weighted by molar-refractivity contribution is 5.69. The van der Waals surface area contributed by atoms with Crippen molar-refractivity contribution in [1.29, 1.82) is 0 Å². The van der Waals surface area contributed by atoms with E-state index in [0.29, 0.717) is 6.42 Å². The lowest BCUT2D eigenvalue weighted by Gasteiger charge is -2.13. The van der Waals surface area contributed by atoms with E-state index < -0.39 is 5.97 Å². The van der Waals surface area contributed by atoms with Gasteiger partial charge >= 0.3 is 5.97 Å². The van der Waals surface area contributed by atoms with Crippen molar-refractivity contribution in [3.63, 3.8) is 0 Å². The molecule has 0 heterocycles. The second kappa shape index (κ2) is 6.55. The standard InChI is InChI=1S/C15H23NO2/c1-10-7-12(3)14(13(4)8-10)9-16-6-5-11(2)15(17)18/h7-8,11,16H,5-6,9H2,1-4H3,(H,17,18). The van der Waals surface area contributed by atoms with Crippen LogP contribution in [0, 0.1) is 26.7 Å². The Morgan fingerprint density at radius 3 is 2.33 bits per heavy atom. The van der Waals surface area contributed by atoms with Gasteiger partial charge in [-0.05, 0) is 50.4 Å². The number of hydrogen-bond donors (Lipinski definition) is 2. The molecule has 18 heavy (non-hydrogen) atoms. The molecule has 0 saturated heterocycles. The molecule has 1 unspecified atom stereocenters. The largest absolute Gasteiger partial charge is 0.481 e. The van der Waals surface area contributed by atoms with Gasteiger partial charge in [0.15, 0.2) is 0 Å². The molecule has 100 valence electrons. The Morgan fingerprint density at radius 2 is 1.83 bits per heavy atom. The first-order chi connectivity index (χ1) is 8.41. The molecule has 1 rings (SSSR count). The van der Waals surface area contributed by atoms with E-state index in [4.69, 9.17) is 5.11 Å². The lowest BCUT2D eigenvalue weighted by atomic mass is 10.00. The molecule has 3 heteroatoms. The molecule has 1 aromatic carbocycles. The van der Waals surface area contributed by atoms with Gasteiger partial charge in [0.25, 0.3) is 0 Å². The van der Waals surface area contributed by atoms with Crippen LogP contribution in [0.15, 0.2) is 12.1 Å². The number of aryl methyl sites for hydroxylation is 3. The van der Waals surface area contributed by atoms with E-state index in [-0.39, 0.29) is 5.92 Å². The molecule has 3 nitrogen and oxygen atoms in total. The Kier molecular flexibility index (Phi) is 5.35. The molecule has 2 N–H and O–H groups in total. The zero-order valence-corrected chi connectivity index (χ0v) is 11.7. The Bertz CT molecular complexity index is 403. The van der Waals surface area contributed by atoms with Crippen molar-refractivity contribution in [2.24, 2.45) is 5.92 Å². The molecule has 0 radical (unpaired) electrons. The fourth-order valence-electron chi connectivity index (χ4n) is 2.14. The normalized spacial score (nSPS) is 12.4. The van der Waals surface area contributed by atoms with Crippen LogP contribution in [-0.4, -0.2) is 17.6 Å². The van der Waals surface area contributed by atoms with E-state index in [1.165, 1.54) is 22.3 Å². The molecule has 0 spiro atoms. The predicted molar refractivity (Wildman–Crippen MR) is 73.8 cm³/mol. The second-order valence-electron chi connectivity index (χ2n) is 5.08. The molecule has 0 saturated carbocycles. The summed E-state index contributed by atoms with van der Waals surface area (Å²) in [5.74, 6) is -1.00. The fourth-order valence-corrected chi connectivity index (χ4v) is 2.14. The summed E-state index contributed by atoms with van der Waals surface area (Å²) in [5.41, 5.74) is 5.20. The van der Waals surface area contributed by atoms with Crippen molar-refractivity contribution in [3.8, 4) is 0 Å². The van der Waals surface area contributed by atoms with Crippen molar-refractivity contribution in [3.05, 3.63) is 34.4 Å². The SMILES string of the molecule is Cc1cc(C)c(CNCCC(C)C(=O)O)c(C)c1. The quantitative estimate of drug-likeness (QED) is 0.762. The van der Waals surface area contributed by atoms with Crippen LogP contribution >= 0.6 is 0 Å². The highest BCUT2D eigenvalue weighted by atomic mass is 16.4. The lowest BCUT2D eigenvalue weighted by molar-refractivity contribution is -0.141. The molecule has 0 fully saturated rings. The predicted octanol–water partition coefficient (Wildman–Crippen LogP) is 2.81. The molecular formula is C15H23NO2. The Balaban J connectivity index is 2.47. The minimum Gasteiger partial charge on any atom is -0.481 e. The van der Waals surface area contributed by atoms with Crippen molar-refractivity contribution in [2.75, 3.05) is 6.54 Å². The third-order valence-electron chi connectivity index (χ3n) is 3.32. The van der Waals surface area contributed by atoms with Crippen LogP contribution in [0.4, 0.5) is 0 Å². The van der Waals surface area contributed by atoms with Crippen molar-refractivity contribution in [1.82, 2.24) is 5.32 Å². The number of aliphatic carboxylic acids is 1. The van der Waals surface area contributed by atoms with Crippen LogP contribution in [0.25, 0.3) is 0 Å². The number of hydrogen-bond acceptors (Lipinski definition) is 2. The third kappa shape index (κ3) is 4.15. The van der Waals surface area contributed by atoms with Gasteiger partial charge in [0.2, 0.25) is 0 Å². The number of carbonyl (C=O) groups is 1. The van der Waals surface area contributed by atoms with Crippen LogP contribution in [0.2, 0.25) is 0 Å². The van der Waals surface area contributed by atoms with Gasteiger partial charge in [-0.1, -0.05) is 24.6 Å². The maximum Gasteiger partial charge on any atom is 0.306 e. The van der Waals surface area contributed by atoms with Crippen LogP contribution < -0.4 is 5.32 Å². The zero-order valence-electron chi connectivity index (χ0n) is 11.7. The van der Waals surface area contributed by atoms with E-state index >= 15 is 0 Å². The van der Waals surface area contributed by atoms with Gasteiger partial charge < -0.3 is 10.4 Å². The highest BCUT2D eigenvalue weighted by Gasteiger charge is 2.10. The van der Waals surface area contributed by atoms with Gasteiger partial charge in [0, 0.05) is 6.54 Å². The third-order valence-corrected chi connectivity index (χ3v) is 3.32. The molecule has 1 aromatic rings. The van der Waals surface area contributed by atoms with E-state index in [2.05, 4.69) is 38.2 Å². The summed E-state index contributed by atoms with van der Waals surface area (Å²) in [6.07, 6.45) is 0.666. The summed E-state index contributed by atoms with van der Waals surface area (Å²) in [5, 5.41) is 12.1. The lowest BCUT2D eigenvalue weighted by Crippen LogP contribution is -2.21. The van der Waals surface area contributed by atoms with Gasteiger partial charge in [-0.3, -0.25) is 4.79 Å². The second-order valence-corrected chi connectivity index (χ2v) is 5.08.